The third kappa shape index (κ3) is 5.03. The Morgan fingerprint density at radius 3 is 2.33 bits per heavy atom. The van der Waals surface area contributed by atoms with Gasteiger partial charge in [0.2, 0.25) is 5.91 Å². The number of carbonyl (C=O) groups excluding carboxylic acids is 1. The molecule has 0 aliphatic carbocycles. The molecule has 1 heterocycles. The summed E-state index contributed by atoms with van der Waals surface area (Å²) in [5.41, 5.74) is 3.95. The molecule has 2 aromatic rings. The van der Waals surface area contributed by atoms with Gasteiger partial charge in [0.25, 0.3) is 0 Å². The molecule has 1 amide bonds. The molecular weight excluding hydrogens is 325 g/mol. The van der Waals surface area contributed by atoms with Gasteiger partial charge in [0.05, 0.1) is 5.25 Å². The van der Waals surface area contributed by atoms with Crippen molar-refractivity contribution in [1.29, 1.82) is 0 Å². The van der Waals surface area contributed by atoms with Gasteiger partial charge in [0.15, 0.2) is 5.16 Å². The number of hydrogen-bond acceptors (Lipinski definition) is 4. The van der Waals surface area contributed by atoms with Crippen LogP contribution in [0.5, 0.6) is 0 Å². The van der Waals surface area contributed by atoms with E-state index in [0.717, 1.165) is 22.5 Å². The van der Waals surface area contributed by atoms with Gasteiger partial charge in [-0.2, -0.15) is 0 Å². The Bertz CT molecular complexity index is 696. The van der Waals surface area contributed by atoms with Crippen molar-refractivity contribution in [3.8, 4) is 0 Å². The standard InChI is InChI=1S/C18H22FN3OS/c1-11-12(2)21-18(22-13(11)3)24-14(4)17(23)20-10-9-15-5-7-16(19)8-6-15/h5-8,14H,9-10H2,1-4H3,(H,20,23)/t14-/m0/s1. The molecule has 0 spiro atoms. The number of rotatable bonds is 6. The van der Waals surface area contributed by atoms with Crippen LogP contribution in [0.25, 0.3) is 0 Å². The van der Waals surface area contributed by atoms with E-state index in [0.29, 0.717) is 18.1 Å². The van der Waals surface area contributed by atoms with E-state index in [1.165, 1.54) is 23.9 Å². The van der Waals surface area contributed by atoms with Crippen molar-refractivity contribution in [2.24, 2.45) is 0 Å². The molecule has 24 heavy (non-hydrogen) atoms. The fraction of sp³-hybridized carbons (Fsp3) is 0.389. The summed E-state index contributed by atoms with van der Waals surface area (Å²) >= 11 is 1.35. The molecule has 2 rings (SSSR count). The van der Waals surface area contributed by atoms with Gasteiger partial charge in [-0.25, -0.2) is 14.4 Å². The SMILES string of the molecule is Cc1nc(S[C@@H](C)C(=O)NCCc2ccc(F)cc2)nc(C)c1C. The summed E-state index contributed by atoms with van der Waals surface area (Å²) in [6.45, 7) is 8.24. The lowest BCUT2D eigenvalue weighted by molar-refractivity contribution is -0.120. The molecule has 1 aromatic heterocycles. The highest BCUT2D eigenvalue weighted by Gasteiger charge is 2.16. The first-order chi connectivity index (χ1) is 11.4. The van der Waals surface area contributed by atoms with Gasteiger partial charge in [0, 0.05) is 17.9 Å². The summed E-state index contributed by atoms with van der Waals surface area (Å²) < 4.78 is 12.8. The fourth-order valence-corrected chi connectivity index (χ4v) is 3.02. The number of benzene rings is 1. The minimum Gasteiger partial charge on any atom is -0.355 e. The summed E-state index contributed by atoms with van der Waals surface area (Å²) in [5, 5.41) is 3.24. The van der Waals surface area contributed by atoms with E-state index in [4.69, 9.17) is 0 Å². The molecule has 0 saturated carbocycles. The smallest absolute Gasteiger partial charge is 0.233 e. The molecule has 4 nitrogen and oxygen atoms in total. The maximum absolute atomic E-state index is 12.8. The number of aromatic nitrogens is 2. The van der Waals surface area contributed by atoms with Gasteiger partial charge in [-0.05, 0) is 57.4 Å². The molecule has 6 heteroatoms. The number of carbonyl (C=O) groups is 1. The van der Waals surface area contributed by atoms with Crippen molar-refractivity contribution in [2.45, 2.75) is 44.5 Å². The first kappa shape index (κ1) is 18.4. The molecule has 0 bridgehead atoms. The van der Waals surface area contributed by atoms with Crippen LogP contribution in [0.4, 0.5) is 4.39 Å². The molecule has 0 unspecified atom stereocenters. The monoisotopic (exact) mass is 347 g/mol. The Balaban J connectivity index is 1.85. The first-order valence-electron chi connectivity index (χ1n) is 7.87. The van der Waals surface area contributed by atoms with Crippen molar-refractivity contribution in [3.63, 3.8) is 0 Å². The maximum Gasteiger partial charge on any atom is 0.233 e. The van der Waals surface area contributed by atoms with Crippen LogP contribution in [0.1, 0.15) is 29.4 Å². The Morgan fingerprint density at radius 1 is 1.17 bits per heavy atom. The summed E-state index contributed by atoms with van der Waals surface area (Å²) in [4.78, 5) is 21.0. The van der Waals surface area contributed by atoms with Gasteiger partial charge < -0.3 is 5.32 Å². The van der Waals surface area contributed by atoms with Crippen LogP contribution in [-0.4, -0.2) is 27.7 Å². The molecule has 0 aliphatic rings. The zero-order chi connectivity index (χ0) is 17.7. The van der Waals surface area contributed by atoms with Crippen LogP contribution < -0.4 is 5.32 Å². The van der Waals surface area contributed by atoms with Crippen molar-refractivity contribution >= 4 is 17.7 Å². The van der Waals surface area contributed by atoms with Crippen molar-refractivity contribution in [3.05, 3.63) is 52.6 Å². The van der Waals surface area contributed by atoms with Crippen molar-refractivity contribution < 1.29 is 9.18 Å². The lowest BCUT2D eigenvalue weighted by Gasteiger charge is -2.12. The van der Waals surface area contributed by atoms with E-state index >= 15 is 0 Å². The Hall–Kier alpha value is -1.95. The van der Waals surface area contributed by atoms with Crippen LogP contribution >= 0.6 is 11.8 Å². The minimum absolute atomic E-state index is 0.0541. The quantitative estimate of drug-likeness (QED) is 0.643. The highest BCUT2D eigenvalue weighted by molar-refractivity contribution is 8.00. The van der Waals surface area contributed by atoms with Crippen LogP contribution in [0, 0.1) is 26.6 Å². The van der Waals surface area contributed by atoms with E-state index in [1.807, 2.05) is 27.7 Å². The largest absolute Gasteiger partial charge is 0.355 e. The Kier molecular flexibility index (Phi) is 6.31. The van der Waals surface area contributed by atoms with Crippen molar-refractivity contribution in [1.82, 2.24) is 15.3 Å². The fourth-order valence-electron chi connectivity index (χ4n) is 2.13. The van der Waals surface area contributed by atoms with Gasteiger partial charge in [-0.1, -0.05) is 23.9 Å². The Morgan fingerprint density at radius 2 is 1.75 bits per heavy atom. The molecular formula is C18H22FN3OS. The van der Waals surface area contributed by atoms with Crippen molar-refractivity contribution in [2.75, 3.05) is 6.54 Å². The van der Waals surface area contributed by atoms with Gasteiger partial charge in [0.1, 0.15) is 5.82 Å². The van der Waals surface area contributed by atoms with Crippen LogP contribution in [0.15, 0.2) is 29.4 Å². The molecule has 0 aliphatic heterocycles. The molecule has 1 atom stereocenters. The van der Waals surface area contributed by atoms with Gasteiger partial charge >= 0.3 is 0 Å². The number of nitrogens with zero attached hydrogens (tertiary/aromatic N) is 2. The number of aryl methyl sites for hydroxylation is 2. The normalized spacial score (nSPS) is 12.0. The second kappa shape index (κ2) is 8.24. The molecule has 0 saturated heterocycles. The predicted molar refractivity (Wildman–Crippen MR) is 94.7 cm³/mol. The molecule has 0 fully saturated rings. The van der Waals surface area contributed by atoms with Crippen LogP contribution in [-0.2, 0) is 11.2 Å². The molecule has 1 aromatic carbocycles. The summed E-state index contributed by atoms with van der Waals surface area (Å²) in [6.07, 6.45) is 0.669. The minimum atomic E-state index is -0.278. The van der Waals surface area contributed by atoms with Gasteiger partial charge in [-0.15, -0.1) is 0 Å². The van der Waals surface area contributed by atoms with E-state index in [2.05, 4.69) is 15.3 Å². The van der Waals surface area contributed by atoms with E-state index in [9.17, 15) is 9.18 Å². The second-order valence-corrected chi connectivity index (χ2v) is 7.04. The lowest BCUT2D eigenvalue weighted by Crippen LogP contribution is -2.32. The Labute approximate surface area is 146 Å². The van der Waals surface area contributed by atoms with Crippen LogP contribution in [0.2, 0.25) is 0 Å². The maximum atomic E-state index is 12.8. The molecule has 128 valence electrons. The van der Waals surface area contributed by atoms with E-state index in [1.54, 1.807) is 12.1 Å². The number of halogens is 1. The molecule has 1 N–H and O–H groups in total. The average molecular weight is 347 g/mol. The summed E-state index contributed by atoms with van der Waals surface area (Å²) in [6, 6.07) is 6.31. The molecule has 0 radical (unpaired) electrons. The topological polar surface area (TPSA) is 54.9 Å². The number of amides is 1. The lowest BCUT2D eigenvalue weighted by atomic mass is 10.1. The highest BCUT2D eigenvalue weighted by Crippen LogP contribution is 2.21. The highest BCUT2D eigenvalue weighted by atomic mass is 32.2. The number of thioether (sulfide) groups is 1. The average Bonchev–Trinajstić information content (AvgIpc) is 2.54. The number of hydrogen-bond donors (Lipinski definition) is 1. The van der Waals surface area contributed by atoms with E-state index in [-0.39, 0.29) is 17.0 Å². The number of nitrogens with one attached hydrogen (secondary N) is 1. The summed E-state index contributed by atoms with van der Waals surface area (Å²) in [5.74, 6) is -0.307. The zero-order valence-corrected chi connectivity index (χ0v) is 15.2. The summed E-state index contributed by atoms with van der Waals surface area (Å²) in [7, 11) is 0. The van der Waals surface area contributed by atoms with E-state index < -0.39 is 0 Å². The van der Waals surface area contributed by atoms with Crippen LogP contribution in [0.3, 0.4) is 0 Å². The predicted octanol–water partition coefficient (Wildman–Crippen LogP) is 3.38. The van der Waals surface area contributed by atoms with Gasteiger partial charge in [-0.3, -0.25) is 4.79 Å². The third-order valence-corrected chi connectivity index (χ3v) is 4.85. The second-order valence-electron chi connectivity index (χ2n) is 5.73. The first-order valence-corrected chi connectivity index (χ1v) is 8.75. The zero-order valence-electron chi connectivity index (χ0n) is 14.4. The third-order valence-electron chi connectivity index (χ3n) is 3.89.